The summed E-state index contributed by atoms with van der Waals surface area (Å²) >= 11 is 0. The second-order valence-corrected chi connectivity index (χ2v) is 7.06. The molecule has 29 heavy (non-hydrogen) atoms. The van der Waals surface area contributed by atoms with Crippen LogP contribution in [0.15, 0.2) is 98.2 Å². The Morgan fingerprint density at radius 3 is 1.14 bits per heavy atom. The van der Waals surface area contributed by atoms with Crippen LogP contribution in [0.4, 0.5) is 8.78 Å². The van der Waals surface area contributed by atoms with Crippen molar-refractivity contribution in [2.45, 2.75) is 59.3 Å². The largest absolute Gasteiger partial charge is 0.267 e. The Bertz CT molecular complexity index is 617. The molecule has 0 saturated heterocycles. The van der Waals surface area contributed by atoms with Gasteiger partial charge in [0.05, 0.1) is 10.8 Å². The number of hydrogen-bond donors (Lipinski definition) is 0. The van der Waals surface area contributed by atoms with Gasteiger partial charge in [0, 0.05) is 0 Å². The van der Waals surface area contributed by atoms with Crippen molar-refractivity contribution >= 4 is 0 Å². The molecule has 0 amide bonds. The van der Waals surface area contributed by atoms with Gasteiger partial charge in [-0.25, -0.2) is 8.78 Å². The van der Waals surface area contributed by atoms with Gasteiger partial charge < -0.3 is 0 Å². The fourth-order valence-corrected chi connectivity index (χ4v) is 4.37. The van der Waals surface area contributed by atoms with E-state index in [1.54, 1.807) is 60.8 Å². The molecule has 0 rings (SSSR count). The van der Waals surface area contributed by atoms with Crippen LogP contribution in [0.5, 0.6) is 0 Å². The standard InChI is InChI=1S/C27H38F2/c1-9-17-21-23(19-11-3)25(13-5,14-6)27(28,29)26(15-7,16-8)24(20-12-4)22-18-10-2/h9-12,17-22H,1-4,13-16H2,5-8H3/b21-17-,22-18-,23-19+,24-20+. The van der Waals surface area contributed by atoms with E-state index in [1.807, 2.05) is 27.7 Å². The van der Waals surface area contributed by atoms with Crippen molar-refractivity contribution in [1.29, 1.82) is 0 Å². The van der Waals surface area contributed by atoms with Gasteiger partial charge in [-0.15, -0.1) is 0 Å². The molecule has 0 aliphatic heterocycles. The van der Waals surface area contributed by atoms with Crippen LogP contribution < -0.4 is 0 Å². The quantitative estimate of drug-likeness (QED) is 0.255. The summed E-state index contributed by atoms with van der Waals surface area (Å²) in [6.07, 6.45) is 17.9. The van der Waals surface area contributed by atoms with Gasteiger partial charge in [-0.05, 0) is 36.8 Å². The van der Waals surface area contributed by atoms with Crippen molar-refractivity contribution in [3.8, 4) is 0 Å². The molecular weight excluding hydrogens is 362 g/mol. The third kappa shape index (κ3) is 5.04. The maximum Gasteiger partial charge on any atom is 0.267 e. The van der Waals surface area contributed by atoms with Crippen LogP contribution >= 0.6 is 0 Å². The van der Waals surface area contributed by atoms with E-state index in [4.69, 9.17) is 0 Å². The van der Waals surface area contributed by atoms with Crippen LogP contribution in [-0.4, -0.2) is 5.92 Å². The highest BCUT2D eigenvalue weighted by Gasteiger charge is 2.64. The van der Waals surface area contributed by atoms with E-state index in [0.29, 0.717) is 36.8 Å². The number of alkyl halides is 2. The highest BCUT2D eigenvalue weighted by atomic mass is 19.3. The minimum Gasteiger partial charge on any atom is -0.205 e. The third-order valence-corrected chi connectivity index (χ3v) is 6.14. The molecule has 0 nitrogen and oxygen atoms in total. The number of hydrogen-bond acceptors (Lipinski definition) is 0. The van der Waals surface area contributed by atoms with Gasteiger partial charge >= 0.3 is 0 Å². The van der Waals surface area contributed by atoms with Crippen molar-refractivity contribution in [2.75, 3.05) is 0 Å². The van der Waals surface area contributed by atoms with Gasteiger partial charge in [-0.2, -0.15) is 0 Å². The molecule has 0 atom stereocenters. The lowest BCUT2D eigenvalue weighted by Gasteiger charge is -2.51. The number of allylic oxidation sites excluding steroid dienone is 12. The average molecular weight is 401 g/mol. The molecule has 0 spiro atoms. The summed E-state index contributed by atoms with van der Waals surface area (Å²) in [5.41, 5.74) is -1.57. The van der Waals surface area contributed by atoms with Crippen LogP contribution in [-0.2, 0) is 0 Å². The Labute approximate surface area is 177 Å². The lowest BCUT2D eigenvalue weighted by molar-refractivity contribution is -0.187. The van der Waals surface area contributed by atoms with Gasteiger partial charge in [-0.1, -0.05) is 115 Å². The zero-order valence-corrected chi connectivity index (χ0v) is 18.7. The summed E-state index contributed by atoms with van der Waals surface area (Å²) < 4.78 is 33.6. The van der Waals surface area contributed by atoms with Gasteiger partial charge in [0.25, 0.3) is 5.92 Å². The van der Waals surface area contributed by atoms with Crippen LogP contribution in [0.3, 0.4) is 0 Å². The zero-order chi connectivity index (χ0) is 22.6. The maximum atomic E-state index is 16.8. The van der Waals surface area contributed by atoms with Crippen molar-refractivity contribution in [3.63, 3.8) is 0 Å². The van der Waals surface area contributed by atoms with Crippen LogP contribution in [0.1, 0.15) is 53.4 Å². The van der Waals surface area contributed by atoms with Crippen molar-refractivity contribution in [3.05, 3.63) is 98.2 Å². The van der Waals surface area contributed by atoms with Gasteiger partial charge in [0.15, 0.2) is 0 Å². The fraction of sp³-hybridized carbons (Fsp3) is 0.407. The Morgan fingerprint density at radius 2 is 0.931 bits per heavy atom. The van der Waals surface area contributed by atoms with Gasteiger partial charge in [0.2, 0.25) is 0 Å². The predicted molar refractivity (Wildman–Crippen MR) is 126 cm³/mol. The topological polar surface area (TPSA) is 0 Å². The molecule has 0 aliphatic rings. The van der Waals surface area contributed by atoms with E-state index >= 15 is 8.78 Å². The number of rotatable bonds is 14. The summed E-state index contributed by atoms with van der Waals surface area (Å²) in [5.74, 6) is -3.03. The Morgan fingerprint density at radius 1 is 0.621 bits per heavy atom. The van der Waals surface area contributed by atoms with E-state index in [1.165, 1.54) is 0 Å². The zero-order valence-electron chi connectivity index (χ0n) is 18.7. The second kappa shape index (κ2) is 12.4. The fourth-order valence-electron chi connectivity index (χ4n) is 4.37. The molecule has 0 radical (unpaired) electrons. The first kappa shape index (κ1) is 26.8. The van der Waals surface area contributed by atoms with Crippen molar-refractivity contribution in [1.82, 2.24) is 0 Å². The smallest absolute Gasteiger partial charge is 0.205 e. The molecule has 0 aromatic rings. The lowest BCUT2D eigenvalue weighted by Crippen LogP contribution is -2.54. The Balaban J connectivity index is 7.19. The third-order valence-electron chi connectivity index (χ3n) is 6.14. The predicted octanol–water partition coefficient (Wildman–Crippen LogP) is 8.94. The molecule has 0 aromatic heterocycles. The van der Waals surface area contributed by atoms with E-state index < -0.39 is 16.8 Å². The number of halogens is 2. The molecule has 0 aliphatic carbocycles. The van der Waals surface area contributed by atoms with Crippen molar-refractivity contribution < 1.29 is 8.78 Å². The van der Waals surface area contributed by atoms with Crippen LogP contribution in [0.25, 0.3) is 0 Å². The molecule has 0 N–H and O–H groups in total. The first-order valence-electron chi connectivity index (χ1n) is 10.4. The summed E-state index contributed by atoms with van der Waals surface area (Å²) in [6.45, 7) is 22.2. The van der Waals surface area contributed by atoms with Crippen LogP contribution in [0, 0.1) is 10.8 Å². The SMILES string of the molecule is C=C/C=C\C(=C/C=C)C(CC)(CC)C(F)(F)C(CC)(CC)C(/C=C\C=C)=C/C=C. The van der Waals surface area contributed by atoms with Crippen molar-refractivity contribution in [2.24, 2.45) is 10.8 Å². The molecule has 2 heteroatoms. The molecule has 0 saturated carbocycles. The summed E-state index contributed by atoms with van der Waals surface area (Å²) in [7, 11) is 0. The highest BCUT2D eigenvalue weighted by Crippen LogP contribution is 2.62. The molecule has 160 valence electrons. The maximum absolute atomic E-state index is 16.8. The summed E-state index contributed by atoms with van der Waals surface area (Å²) in [4.78, 5) is 0. The first-order chi connectivity index (χ1) is 13.8. The molecule has 0 heterocycles. The lowest BCUT2D eigenvalue weighted by atomic mass is 9.56. The molecular formula is C27H38F2. The molecule has 0 unspecified atom stereocenters. The Kier molecular flexibility index (Phi) is 11.4. The molecule has 0 aromatic carbocycles. The average Bonchev–Trinajstić information content (AvgIpc) is 2.72. The highest BCUT2D eigenvalue weighted by molar-refractivity contribution is 5.40. The Hall–Kier alpha value is -2.22. The normalized spacial score (nSPS) is 14.4. The van der Waals surface area contributed by atoms with Gasteiger partial charge in [0.1, 0.15) is 0 Å². The van der Waals surface area contributed by atoms with Crippen LogP contribution in [0.2, 0.25) is 0 Å². The minimum absolute atomic E-state index is 0.298. The van der Waals surface area contributed by atoms with E-state index in [9.17, 15) is 0 Å². The van der Waals surface area contributed by atoms with E-state index in [0.717, 1.165) is 0 Å². The first-order valence-corrected chi connectivity index (χ1v) is 10.4. The minimum atomic E-state index is -3.03. The van der Waals surface area contributed by atoms with E-state index in [2.05, 4.69) is 26.3 Å². The molecule has 0 bridgehead atoms. The van der Waals surface area contributed by atoms with Gasteiger partial charge in [-0.3, -0.25) is 0 Å². The summed E-state index contributed by atoms with van der Waals surface area (Å²) in [6, 6.07) is 0. The molecule has 0 fully saturated rings. The van der Waals surface area contributed by atoms with E-state index in [-0.39, 0.29) is 0 Å². The monoisotopic (exact) mass is 400 g/mol. The second-order valence-electron chi connectivity index (χ2n) is 7.06. The summed E-state index contributed by atoms with van der Waals surface area (Å²) in [5, 5.41) is 0.